The van der Waals surface area contributed by atoms with Crippen molar-refractivity contribution < 1.29 is 15.0 Å². The van der Waals surface area contributed by atoms with Gasteiger partial charge < -0.3 is 10.2 Å². The smallest absolute Gasteiger partial charge is 0.187 e. The van der Waals surface area contributed by atoms with Gasteiger partial charge in [0.15, 0.2) is 5.78 Å². The van der Waals surface area contributed by atoms with Crippen molar-refractivity contribution in [1.82, 2.24) is 0 Å². The van der Waals surface area contributed by atoms with Gasteiger partial charge in [0.1, 0.15) is 5.60 Å². The van der Waals surface area contributed by atoms with Crippen LogP contribution in [0.15, 0.2) is 23.8 Å². The van der Waals surface area contributed by atoms with Crippen molar-refractivity contribution in [2.75, 3.05) is 0 Å². The zero-order chi connectivity index (χ0) is 22.8. The number of carbonyl (C=O) groups is 1. The van der Waals surface area contributed by atoms with Gasteiger partial charge in [-0.3, -0.25) is 4.79 Å². The Morgan fingerprint density at radius 1 is 1.00 bits per heavy atom. The molecule has 3 nitrogen and oxygen atoms in total. The maximum Gasteiger partial charge on any atom is 0.187 e. The molecule has 4 rings (SSSR count). The zero-order valence-corrected chi connectivity index (χ0v) is 20.5. The first-order chi connectivity index (χ1) is 14.4. The van der Waals surface area contributed by atoms with E-state index in [2.05, 4.69) is 53.7 Å². The van der Waals surface area contributed by atoms with Crippen LogP contribution in [-0.4, -0.2) is 27.7 Å². The number of ketones is 1. The van der Waals surface area contributed by atoms with Gasteiger partial charge in [0, 0.05) is 11.8 Å². The van der Waals surface area contributed by atoms with Crippen LogP contribution in [0.1, 0.15) is 86.5 Å². The lowest BCUT2D eigenvalue weighted by molar-refractivity contribution is -0.180. The largest absolute Gasteiger partial charge is 0.393 e. The van der Waals surface area contributed by atoms with Gasteiger partial charge in [-0.05, 0) is 85.5 Å². The predicted molar refractivity (Wildman–Crippen MR) is 125 cm³/mol. The third-order valence-electron chi connectivity index (χ3n) is 10.5. The number of allylic oxidation sites excluding steroid dienone is 3. The number of carbonyl (C=O) groups excluding carboxylic acids is 1. The number of aliphatic hydroxyl groups is 2. The molecule has 9 atom stereocenters. The number of rotatable bonds is 4. The van der Waals surface area contributed by atoms with Crippen molar-refractivity contribution in [3.8, 4) is 0 Å². The van der Waals surface area contributed by atoms with Gasteiger partial charge in [-0.15, -0.1) is 0 Å². The minimum Gasteiger partial charge on any atom is -0.393 e. The molecule has 3 heteroatoms. The van der Waals surface area contributed by atoms with Crippen molar-refractivity contribution in [2.24, 2.45) is 46.3 Å². The van der Waals surface area contributed by atoms with Crippen molar-refractivity contribution in [1.29, 1.82) is 0 Å². The summed E-state index contributed by atoms with van der Waals surface area (Å²) in [6, 6.07) is 0. The van der Waals surface area contributed by atoms with E-state index in [-0.39, 0.29) is 23.5 Å². The molecule has 31 heavy (non-hydrogen) atoms. The standard InChI is InChI=1S/C28H44O3/c1-17(2)18(3)7-8-19(4)22-9-10-23-21-15-25(30)28(31)16-20(29)11-14-27(28,6)24(21)12-13-26(22,23)5/h7-8,15,17-20,22-24,29,31H,9-14,16H2,1-6H3/t18-,19+,20?,22+,23-,24+,26+,27+,28?/m0/s1. The number of fused-ring (bicyclic) bond motifs is 5. The van der Waals surface area contributed by atoms with Gasteiger partial charge in [-0.1, -0.05) is 59.3 Å². The van der Waals surface area contributed by atoms with E-state index in [1.165, 1.54) is 18.4 Å². The summed E-state index contributed by atoms with van der Waals surface area (Å²) in [5, 5.41) is 21.7. The Bertz CT molecular complexity index is 781. The van der Waals surface area contributed by atoms with Gasteiger partial charge in [0.2, 0.25) is 0 Å². The molecule has 174 valence electrons. The van der Waals surface area contributed by atoms with Crippen molar-refractivity contribution in [2.45, 2.75) is 98.2 Å². The number of hydrogen-bond donors (Lipinski definition) is 2. The highest BCUT2D eigenvalue weighted by Gasteiger charge is 2.65. The summed E-state index contributed by atoms with van der Waals surface area (Å²) in [6.45, 7) is 13.9. The minimum atomic E-state index is -1.40. The molecule has 0 aliphatic heterocycles. The van der Waals surface area contributed by atoms with Crippen LogP contribution in [-0.2, 0) is 4.79 Å². The third-order valence-corrected chi connectivity index (χ3v) is 10.5. The molecule has 0 amide bonds. The summed E-state index contributed by atoms with van der Waals surface area (Å²) in [6.07, 6.45) is 12.4. The summed E-state index contributed by atoms with van der Waals surface area (Å²) in [4.78, 5) is 13.3. The van der Waals surface area contributed by atoms with Crippen molar-refractivity contribution in [3.63, 3.8) is 0 Å². The summed E-state index contributed by atoms with van der Waals surface area (Å²) in [5.74, 6) is 3.03. The Hall–Kier alpha value is -0.930. The maximum atomic E-state index is 13.3. The summed E-state index contributed by atoms with van der Waals surface area (Å²) in [5.41, 5.74) is -0.275. The average Bonchev–Trinajstić information content (AvgIpc) is 3.05. The van der Waals surface area contributed by atoms with Crippen LogP contribution in [0.2, 0.25) is 0 Å². The monoisotopic (exact) mass is 428 g/mol. The Kier molecular flexibility index (Phi) is 5.87. The summed E-state index contributed by atoms with van der Waals surface area (Å²) in [7, 11) is 0. The van der Waals surface area contributed by atoms with Crippen LogP contribution < -0.4 is 0 Å². The molecule has 0 aromatic carbocycles. The van der Waals surface area contributed by atoms with Gasteiger partial charge >= 0.3 is 0 Å². The molecule has 3 saturated carbocycles. The van der Waals surface area contributed by atoms with Crippen LogP contribution in [0.5, 0.6) is 0 Å². The molecule has 3 fully saturated rings. The van der Waals surface area contributed by atoms with Crippen LogP contribution in [0.25, 0.3) is 0 Å². The van der Waals surface area contributed by atoms with E-state index >= 15 is 0 Å². The Morgan fingerprint density at radius 3 is 2.39 bits per heavy atom. The van der Waals surface area contributed by atoms with E-state index in [1.54, 1.807) is 0 Å². The van der Waals surface area contributed by atoms with Crippen LogP contribution in [0.3, 0.4) is 0 Å². The summed E-state index contributed by atoms with van der Waals surface area (Å²) < 4.78 is 0. The second-order valence-electron chi connectivity index (χ2n) is 12.4. The van der Waals surface area contributed by atoms with E-state index in [0.29, 0.717) is 36.0 Å². The molecule has 0 aromatic heterocycles. The highest BCUT2D eigenvalue weighted by molar-refractivity contribution is 5.99. The van der Waals surface area contributed by atoms with Gasteiger partial charge in [-0.2, -0.15) is 0 Å². The fourth-order valence-electron chi connectivity index (χ4n) is 7.96. The second-order valence-corrected chi connectivity index (χ2v) is 12.4. The molecular weight excluding hydrogens is 384 g/mol. The molecule has 0 heterocycles. The van der Waals surface area contributed by atoms with E-state index in [9.17, 15) is 15.0 Å². The second kappa shape index (κ2) is 7.83. The van der Waals surface area contributed by atoms with Crippen LogP contribution >= 0.6 is 0 Å². The molecule has 0 radical (unpaired) electrons. The zero-order valence-electron chi connectivity index (χ0n) is 20.5. The molecule has 2 N–H and O–H groups in total. The highest BCUT2D eigenvalue weighted by atomic mass is 16.3. The van der Waals surface area contributed by atoms with E-state index in [1.807, 2.05) is 6.08 Å². The first kappa shape index (κ1) is 23.2. The fourth-order valence-corrected chi connectivity index (χ4v) is 7.96. The third kappa shape index (κ3) is 3.41. The Morgan fingerprint density at radius 2 is 1.71 bits per heavy atom. The minimum absolute atomic E-state index is 0.147. The van der Waals surface area contributed by atoms with E-state index in [4.69, 9.17) is 0 Å². The van der Waals surface area contributed by atoms with Gasteiger partial charge in [0.25, 0.3) is 0 Å². The Balaban J connectivity index is 1.62. The molecule has 0 saturated heterocycles. The van der Waals surface area contributed by atoms with E-state index < -0.39 is 17.1 Å². The van der Waals surface area contributed by atoms with Crippen LogP contribution in [0, 0.1) is 46.3 Å². The first-order valence-electron chi connectivity index (χ1n) is 12.8. The predicted octanol–water partition coefficient (Wildman–Crippen LogP) is 5.70. The average molecular weight is 429 g/mol. The molecular formula is C28H44O3. The first-order valence-corrected chi connectivity index (χ1v) is 12.8. The van der Waals surface area contributed by atoms with Gasteiger partial charge in [-0.25, -0.2) is 0 Å². The molecule has 0 spiro atoms. The highest BCUT2D eigenvalue weighted by Crippen LogP contribution is 2.67. The van der Waals surface area contributed by atoms with Crippen LogP contribution in [0.4, 0.5) is 0 Å². The van der Waals surface area contributed by atoms with E-state index in [0.717, 1.165) is 19.3 Å². The fraction of sp³-hybridized carbons (Fsp3) is 0.821. The van der Waals surface area contributed by atoms with Gasteiger partial charge in [0.05, 0.1) is 6.10 Å². The lowest BCUT2D eigenvalue weighted by Crippen LogP contribution is -2.64. The molecule has 0 aromatic rings. The Labute approximate surface area is 189 Å². The topological polar surface area (TPSA) is 57.5 Å². The molecule has 4 aliphatic carbocycles. The van der Waals surface area contributed by atoms with Crippen molar-refractivity contribution >= 4 is 5.78 Å². The SMILES string of the molecule is CC(C)[C@@H](C)C=C[C@@H](C)[C@H]1CC[C@H]2C3=CC(=O)C4(O)CC(O)CC[C@]4(C)[C@@H]3CC[C@]12C. The lowest BCUT2D eigenvalue weighted by Gasteiger charge is -2.59. The quantitative estimate of drug-likeness (QED) is 0.564. The maximum absolute atomic E-state index is 13.3. The molecule has 0 bridgehead atoms. The number of aliphatic hydroxyl groups excluding tert-OH is 1. The molecule has 2 unspecified atom stereocenters. The lowest BCUT2D eigenvalue weighted by atomic mass is 9.46. The number of hydrogen-bond acceptors (Lipinski definition) is 3. The molecule has 4 aliphatic rings. The summed E-state index contributed by atoms with van der Waals surface area (Å²) >= 11 is 0. The van der Waals surface area contributed by atoms with Crippen molar-refractivity contribution in [3.05, 3.63) is 23.8 Å². The normalized spacial score (nSPS) is 47.0.